The van der Waals surface area contributed by atoms with E-state index in [2.05, 4.69) is 36.6 Å². The predicted octanol–water partition coefficient (Wildman–Crippen LogP) is 3.21. The maximum absolute atomic E-state index is 12.6. The fraction of sp³-hybridized carbons (Fsp3) is 0.227. The molecule has 0 aliphatic carbocycles. The number of anilines is 2. The number of fused-ring (bicyclic) bond motifs is 1. The Morgan fingerprint density at radius 2 is 1.75 bits per heavy atom. The standard InChI is InChI=1S/C22H22N6O2S2/c29-32(30,26-21-9-10-23-16-24-21)18-7-5-17(6-8-18)28-13-11-27(12-14-28)15-22-25-19-3-1-2-4-20(19)31-22/h1-10,16H,11-15H2,(H,23,24,26). The first-order valence-corrected chi connectivity index (χ1v) is 12.6. The van der Waals surface area contributed by atoms with Gasteiger partial charge in [0.05, 0.1) is 21.7 Å². The van der Waals surface area contributed by atoms with Crippen LogP contribution in [0.15, 0.2) is 72.0 Å². The molecule has 32 heavy (non-hydrogen) atoms. The fourth-order valence-electron chi connectivity index (χ4n) is 3.73. The fourth-order valence-corrected chi connectivity index (χ4v) is 5.74. The lowest BCUT2D eigenvalue weighted by molar-refractivity contribution is 0.249. The van der Waals surface area contributed by atoms with Crippen LogP contribution in [0.1, 0.15) is 5.01 Å². The average molecular weight is 467 g/mol. The van der Waals surface area contributed by atoms with Crippen LogP contribution in [0.5, 0.6) is 0 Å². The number of sulfonamides is 1. The van der Waals surface area contributed by atoms with E-state index in [0.29, 0.717) is 0 Å². The third-order valence-corrected chi connectivity index (χ3v) is 7.79. The number of nitrogens with one attached hydrogen (secondary N) is 1. The van der Waals surface area contributed by atoms with Crippen LogP contribution in [-0.2, 0) is 16.6 Å². The summed E-state index contributed by atoms with van der Waals surface area (Å²) in [5.41, 5.74) is 2.08. The lowest BCUT2D eigenvalue weighted by Crippen LogP contribution is -2.45. The molecular weight excluding hydrogens is 444 g/mol. The van der Waals surface area contributed by atoms with Crippen LogP contribution in [0.25, 0.3) is 10.2 Å². The quantitative estimate of drug-likeness (QED) is 0.467. The molecule has 0 saturated carbocycles. The first-order chi connectivity index (χ1) is 15.6. The van der Waals surface area contributed by atoms with Crippen molar-refractivity contribution < 1.29 is 8.42 Å². The molecule has 2 aromatic heterocycles. The van der Waals surface area contributed by atoms with Gasteiger partial charge < -0.3 is 4.90 Å². The second-order valence-corrected chi connectivity index (χ2v) is 10.3. The molecule has 1 saturated heterocycles. The summed E-state index contributed by atoms with van der Waals surface area (Å²) < 4.78 is 28.8. The monoisotopic (exact) mass is 466 g/mol. The summed E-state index contributed by atoms with van der Waals surface area (Å²) in [5.74, 6) is 0.244. The molecule has 164 valence electrons. The summed E-state index contributed by atoms with van der Waals surface area (Å²) in [6.07, 6.45) is 2.79. The van der Waals surface area contributed by atoms with E-state index >= 15 is 0 Å². The highest BCUT2D eigenvalue weighted by Gasteiger charge is 2.20. The van der Waals surface area contributed by atoms with Crippen LogP contribution >= 0.6 is 11.3 Å². The minimum atomic E-state index is -3.69. The molecule has 0 spiro atoms. The number of nitrogens with zero attached hydrogens (tertiary/aromatic N) is 5. The molecular formula is C22H22N6O2S2. The van der Waals surface area contributed by atoms with E-state index in [1.54, 1.807) is 23.5 Å². The van der Waals surface area contributed by atoms with Crippen LogP contribution in [0, 0.1) is 0 Å². The van der Waals surface area contributed by atoms with Gasteiger partial charge in [0.1, 0.15) is 17.2 Å². The first kappa shape index (κ1) is 20.8. The summed E-state index contributed by atoms with van der Waals surface area (Å²) in [4.78, 5) is 17.3. The maximum atomic E-state index is 12.6. The van der Waals surface area contributed by atoms with E-state index in [4.69, 9.17) is 4.98 Å². The Hall–Kier alpha value is -3.08. The summed E-state index contributed by atoms with van der Waals surface area (Å²) in [5, 5.41) is 1.14. The van der Waals surface area contributed by atoms with E-state index in [1.165, 1.54) is 23.3 Å². The topological polar surface area (TPSA) is 91.3 Å². The molecule has 1 aliphatic rings. The first-order valence-electron chi connectivity index (χ1n) is 10.3. The molecule has 10 heteroatoms. The zero-order valence-corrected chi connectivity index (χ0v) is 18.9. The predicted molar refractivity (Wildman–Crippen MR) is 126 cm³/mol. The summed E-state index contributed by atoms with van der Waals surface area (Å²) in [7, 11) is -3.69. The number of aromatic nitrogens is 3. The molecule has 0 atom stereocenters. The summed E-state index contributed by atoms with van der Waals surface area (Å²) >= 11 is 1.76. The van der Waals surface area contributed by atoms with E-state index in [0.717, 1.165) is 48.9 Å². The highest BCUT2D eigenvalue weighted by atomic mass is 32.2. The van der Waals surface area contributed by atoms with Gasteiger partial charge in [-0.3, -0.25) is 9.62 Å². The Balaban J connectivity index is 1.19. The van der Waals surface area contributed by atoms with Crippen molar-refractivity contribution in [1.82, 2.24) is 19.9 Å². The van der Waals surface area contributed by atoms with Crippen LogP contribution in [0.2, 0.25) is 0 Å². The molecule has 0 bridgehead atoms. The van der Waals surface area contributed by atoms with Crippen molar-refractivity contribution in [1.29, 1.82) is 0 Å². The van der Waals surface area contributed by atoms with Gasteiger partial charge in [-0.15, -0.1) is 11.3 Å². The Morgan fingerprint density at radius 1 is 0.969 bits per heavy atom. The SMILES string of the molecule is O=S(=O)(Nc1ccncn1)c1ccc(N2CCN(Cc3nc4ccccc4s3)CC2)cc1. The number of hydrogen-bond acceptors (Lipinski definition) is 8. The Morgan fingerprint density at radius 3 is 2.47 bits per heavy atom. The Labute approximate surface area is 190 Å². The lowest BCUT2D eigenvalue weighted by Gasteiger charge is -2.35. The molecule has 5 rings (SSSR count). The second kappa shape index (κ2) is 8.81. The van der Waals surface area contributed by atoms with Crippen molar-refractivity contribution in [2.45, 2.75) is 11.4 Å². The Bertz CT molecular complexity index is 1270. The highest BCUT2D eigenvalue weighted by Crippen LogP contribution is 2.24. The van der Waals surface area contributed by atoms with Crippen molar-refractivity contribution in [2.75, 3.05) is 35.8 Å². The van der Waals surface area contributed by atoms with Crippen molar-refractivity contribution in [3.63, 3.8) is 0 Å². The molecule has 2 aromatic carbocycles. The molecule has 3 heterocycles. The van der Waals surface area contributed by atoms with Gasteiger partial charge in [0.25, 0.3) is 10.0 Å². The van der Waals surface area contributed by atoms with Crippen molar-refractivity contribution in [2.24, 2.45) is 0 Å². The number of benzene rings is 2. The van der Waals surface area contributed by atoms with Gasteiger partial charge in [0.15, 0.2) is 0 Å². The van der Waals surface area contributed by atoms with Crippen LogP contribution in [0.4, 0.5) is 11.5 Å². The smallest absolute Gasteiger partial charge is 0.263 e. The third-order valence-electron chi connectivity index (χ3n) is 5.40. The van der Waals surface area contributed by atoms with Crippen LogP contribution < -0.4 is 9.62 Å². The molecule has 1 fully saturated rings. The van der Waals surface area contributed by atoms with Crippen molar-refractivity contribution in [3.05, 3.63) is 72.1 Å². The van der Waals surface area contributed by atoms with Crippen LogP contribution in [0.3, 0.4) is 0 Å². The lowest BCUT2D eigenvalue weighted by atomic mass is 10.2. The van der Waals surface area contributed by atoms with E-state index < -0.39 is 10.0 Å². The highest BCUT2D eigenvalue weighted by molar-refractivity contribution is 7.92. The van der Waals surface area contributed by atoms with Gasteiger partial charge in [-0.05, 0) is 42.5 Å². The summed E-state index contributed by atoms with van der Waals surface area (Å²) in [6, 6.07) is 16.7. The van der Waals surface area contributed by atoms with Gasteiger partial charge in [-0.25, -0.2) is 23.4 Å². The van der Waals surface area contributed by atoms with E-state index in [1.807, 2.05) is 24.3 Å². The number of rotatable bonds is 6. The molecule has 4 aromatic rings. The van der Waals surface area contributed by atoms with Gasteiger partial charge >= 0.3 is 0 Å². The average Bonchev–Trinajstić information content (AvgIpc) is 3.22. The van der Waals surface area contributed by atoms with E-state index in [-0.39, 0.29) is 10.7 Å². The number of para-hydroxylation sites is 1. The molecule has 0 radical (unpaired) electrons. The molecule has 1 N–H and O–H groups in total. The zero-order chi connectivity index (χ0) is 22.0. The number of thiazole rings is 1. The van der Waals surface area contributed by atoms with E-state index in [9.17, 15) is 8.42 Å². The van der Waals surface area contributed by atoms with Crippen LogP contribution in [-0.4, -0.2) is 54.4 Å². The number of piperazine rings is 1. The molecule has 0 amide bonds. The minimum absolute atomic E-state index is 0.203. The van der Waals surface area contributed by atoms with Gasteiger partial charge in [0.2, 0.25) is 0 Å². The summed E-state index contributed by atoms with van der Waals surface area (Å²) in [6.45, 7) is 4.50. The maximum Gasteiger partial charge on any atom is 0.263 e. The van der Waals surface area contributed by atoms with Gasteiger partial charge in [0, 0.05) is 38.1 Å². The molecule has 8 nitrogen and oxygen atoms in total. The van der Waals surface area contributed by atoms with Crippen molar-refractivity contribution in [3.8, 4) is 0 Å². The zero-order valence-electron chi connectivity index (χ0n) is 17.3. The largest absolute Gasteiger partial charge is 0.369 e. The Kier molecular flexibility index (Phi) is 5.73. The van der Waals surface area contributed by atoms with Crippen molar-refractivity contribution >= 4 is 43.1 Å². The number of hydrogen-bond donors (Lipinski definition) is 1. The molecule has 0 unspecified atom stereocenters. The van der Waals surface area contributed by atoms with Gasteiger partial charge in [-0.2, -0.15) is 0 Å². The third kappa shape index (κ3) is 4.57. The van der Waals surface area contributed by atoms with Gasteiger partial charge in [-0.1, -0.05) is 12.1 Å². The molecule has 1 aliphatic heterocycles. The normalized spacial score (nSPS) is 15.2. The minimum Gasteiger partial charge on any atom is -0.369 e. The second-order valence-electron chi connectivity index (χ2n) is 7.53.